The largest absolute Gasteiger partial charge is 0.496 e. The monoisotopic (exact) mass is 327 g/mol. The number of nitrogens with one attached hydrogen (secondary N) is 1. The van der Waals surface area contributed by atoms with Crippen LogP contribution in [0.15, 0.2) is 16.6 Å². The van der Waals surface area contributed by atoms with Crippen molar-refractivity contribution in [2.75, 3.05) is 14.2 Å². The summed E-state index contributed by atoms with van der Waals surface area (Å²) in [6, 6.07) is 3.58. The molecule has 1 aromatic rings. The number of fused-ring (bicyclic) bond motifs is 1. The summed E-state index contributed by atoms with van der Waals surface area (Å²) >= 11 is 3.28. The van der Waals surface area contributed by atoms with Crippen LogP contribution in [0, 0.1) is 23.6 Å². The van der Waals surface area contributed by atoms with Crippen molar-refractivity contribution in [1.82, 2.24) is 5.32 Å². The van der Waals surface area contributed by atoms with E-state index in [1.165, 1.54) is 25.3 Å². The summed E-state index contributed by atoms with van der Waals surface area (Å²) in [6.07, 6.45) is 3.99. The van der Waals surface area contributed by atoms with E-state index in [1.54, 1.807) is 7.11 Å². The lowest BCUT2D eigenvalue weighted by Crippen LogP contribution is -2.25. The van der Waals surface area contributed by atoms with Gasteiger partial charge in [0.1, 0.15) is 11.6 Å². The maximum absolute atomic E-state index is 13.6. The van der Waals surface area contributed by atoms with Gasteiger partial charge >= 0.3 is 0 Å². The molecular formula is C15H19BrFNO. The Morgan fingerprint density at radius 3 is 2.58 bits per heavy atom. The molecule has 19 heavy (non-hydrogen) atoms. The third-order valence-electron chi connectivity index (χ3n) is 4.67. The maximum atomic E-state index is 13.6. The van der Waals surface area contributed by atoms with Gasteiger partial charge in [-0.15, -0.1) is 0 Å². The van der Waals surface area contributed by atoms with E-state index in [2.05, 4.69) is 21.2 Å². The second-order valence-corrected chi connectivity index (χ2v) is 6.62. The van der Waals surface area contributed by atoms with Gasteiger partial charge < -0.3 is 10.1 Å². The Kier molecular flexibility index (Phi) is 3.56. The average molecular weight is 328 g/mol. The van der Waals surface area contributed by atoms with Crippen LogP contribution < -0.4 is 10.1 Å². The maximum Gasteiger partial charge on any atom is 0.141 e. The van der Waals surface area contributed by atoms with Crippen LogP contribution in [0.5, 0.6) is 5.75 Å². The highest BCUT2D eigenvalue weighted by Crippen LogP contribution is 2.57. The van der Waals surface area contributed by atoms with E-state index in [0.717, 1.165) is 17.4 Å². The summed E-state index contributed by atoms with van der Waals surface area (Å²) in [5, 5.41) is 3.40. The van der Waals surface area contributed by atoms with Gasteiger partial charge in [-0.25, -0.2) is 4.39 Å². The Labute approximate surface area is 121 Å². The fourth-order valence-electron chi connectivity index (χ4n) is 3.64. The fraction of sp³-hybridized carbons (Fsp3) is 0.600. The average Bonchev–Trinajstić information content (AvgIpc) is 3.01. The predicted octanol–water partition coefficient (Wildman–Crippen LogP) is 3.90. The van der Waals surface area contributed by atoms with Crippen molar-refractivity contribution in [1.29, 1.82) is 0 Å². The van der Waals surface area contributed by atoms with Crippen LogP contribution in [0.1, 0.15) is 30.9 Å². The highest BCUT2D eigenvalue weighted by Gasteiger charge is 2.48. The van der Waals surface area contributed by atoms with Crippen LogP contribution in [0.4, 0.5) is 4.39 Å². The number of rotatable bonds is 4. The Bertz CT molecular complexity index is 483. The predicted molar refractivity (Wildman–Crippen MR) is 76.8 cm³/mol. The molecule has 2 nitrogen and oxygen atoms in total. The molecule has 0 aromatic heterocycles. The number of ether oxygens (including phenoxy) is 1. The lowest BCUT2D eigenvalue weighted by atomic mass is 9.88. The normalized spacial score (nSPS) is 30.0. The molecule has 0 spiro atoms. The van der Waals surface area contributed by atoms with Crippen molar-refractivity contribution in [2.45, 2.75) is 25.3 Å². The van der Waals surface area contributed by atoms with Crippen molar-refractivity contribution >= 4 is 15.9 Å². The molecule has 4 heteroatoms. The van der Waals surface area contributed by atoms with Gasteiger partial charge in [0.15, 0.2) is 0 Å². The van der Waals surface area contributed by atoms with Crippen LogP contribution in [-0.4, -0.2) is 14.2 Å². The van der Waals surface area contributed by atoms with Crippen molar-refractivity contribution in [3.63, 3.8) is 0 Å². The smallest absolute Gasteiger partial charge is 0.141 e. The molecule has 0 amide bonds. The first-order valence-corrected chi connectivity index (χ1v) is 7.63. The van der Waals surface area contributed by atoms with Crippen molar-refractivity contribution < 1.29 is 9.13 Å². The minimum Gasteiger partial charge on any atom is -0.496 e. The quantitative estimate of drug-likeness (QED) is 0.905. The molecule has 2 aliphatic rings. The third kappa shape index (κ3) is 2.40. The van der Waals surface area contributed by atoms with E-state index in [-0.39, 0.29) is 11.9 Å². The Morgan fingerprint density at radius 1 is 1.32 bits per heavy atom. The van der Waals surface area contributed by atoms with Gasteiger partial charge in [0.05, 0.1) is 11.6 Å². The minimum absolute atomic E-state index is 0.250. The molecule has 104 valence electrons. The SMILES string of the molecule is CNC(c1cc(Br)c(F)cc1OC)C1CC2CC2C1. The van der Waals surface area contributed by atoms with Gasteiger partial charge in [0, 0.05) is 17.7 Å². The summed E-state index contributed by atoms with van der Waals surface area (Å²) in [6.45, 7) is 0. The lowest BCUT2D eigenvalue weighted by Gasteiger charge is -2.26. The summed E-state index contributed by atoms with van der Waals surface area (Å²) in [4.78, 5) is 0. The second-order valence-electron chi connectivity index (χ2n) is 5.76. The minimum atomic E-state index is -0.273. The molecule has 3 atom stereocenters. The van der Waals surface area contributed by atoms with Gasteiger partial charge in [-0.1, -0.05) is 0 Å². The summed E-state index contributed by atoms with van der Waals surface area (Å²) < 4.78 is 19.5. The molecule has 2 aliphatic carbocycles. The molecule has 2 fully saturated rings. The van der Waals surface area contributed by atoms with Gasteiger partial charge in [-0.3, -0.25) is 0 Å². The lowest BCUT2D eigenvalue weighted by molar-refractivity contribution is 0.338. The van der Waals surface area contributed by atoms with Crippen LogP contribution in [0.2, 0.25) is 0 Å². The van der Waals surface area contributed by atoms with Crippen LogP contribution >= 0.6 is 15.9 Å². The zero-order valence-electron chi connectivity index (χ0n) is 11.2. The molecule has 0 heterocycles. The number of methoxy groups -OCH3 is 1. The van der Waals surface area contributed by atoms with Gasteiger partial charge in [-0.05, 0) is 66.1 Å². The third-order valence-corrected chi connectivity index (χ3v) is 5.28. The molecule has 0 aliphatic heterocycles. The fourth-order valence-corrected chi connectivity index (χ4v) is 4.00. The van der Waals surface area contributed by atoms with E-state index >= 15 is 0 Å². The van der Waals surface area contributed by atoms with Gasteiger partial charge in [0.25, 0.3) is 0 Å². The number of hydrogen-bond donors (Lipinski definition) is 1. The van der Waals surface area contributed by atoms with E-state index in [0.29, 0.717) is 16.1 Å². The summed E-state index contributed by atoms with van der Waals surface area (Å²) in [7, 11) is 3.58. The Hall–Kier alpha value is -0.610. The molecule has 2 saturated carbocycles. The van der Waals surface area contributed by atoms with Crippen LogP contribution in [-0.2, 0) is 0 Å². The molecular weight excluding hydrogens is 309 g/mol. The number of benzene rings is 1. The molecule has 0 radical (unpaired) electrons. The van der Waals surface area contributed by atoms with E-state index in [1.807, 2.05) is 13.1 Å². The first kappa shape index (κ1) is 13.4. The van der Waals surface area contributed by atoms with E-state index in [9.17, 15) is 4.39 Å². The Balaban J connectivity index is 1.91. The van der Waals surface area contributed by atoms with Crippen LogP contribution in [0.3, 0.4) is 0 Å². The standard InChI is InChI=1S/C15H19BrFNO/c1-18-15(10-4-8-3-9(8)5-10)11-6-12(16)13(17)7-14(11)19-2/h6-10,15,18H,3-5H2,1-2H3. The number of hydrogen-bond acceptors (Lipinski definition) is 2. The van der Waals surface area contributed by atoms with E-state index < -0.39 is 0 Å². The van der Waals surface area contributed by atoms with E-state index in [4.69, 9.17) is 4.74 Å². The molecule has 3 unspecified atom stereocenters. The summed E-state index contributed by atoms with van der Waals surface area (Å²) in [5.41, 5.74) is 1.06. The highest BCUT2D eigenvalue weighted by atomic mass is 79.9. The molecule has 0 saturated heterocycles. The van der Waals surface area contributed by atoms with Crippen LogP contribution in [0.25, 0.3) is 0 Å². The molecule has 1 aromatic carbocycles. The van der Waals surface area contributed by atoms with Crippen molar-refractivity contribution in [3.8, 4) is 5.75 Å². The topological polar surface area (TPSA) is 21.3 Å². The summed E-state index contributed by atoms with van der Waals surface area (Å²) in [5.74, 6) is 2.89. The first-order valence-electron chi connectivity index (χ1n) is 6.84. The van der Waals surface area contributed by atoms with Gasteiger partial charge in [-0.2, -0.15) is 0 Å². The molecule has 0 bridgehead atoms. The highest BCUT2D eigenvalue weighted by molar-refractivity contribution is 9.10. The molecule has 1 N–H and O–H groups in total. The van der Waals surface area contributed by atoms with Crippen molar-refractivity contribution in [2.24, 2.45) is 17.8 Å². The zero-order chi connectivity index (χ0) is 13.6. The molecule has 3 rings (SSSR count). The zero-order valence-corrected chi connectivity index (χ0v) is 12.8. The first-order chi connectivity index (χ1) is 9.13. The Morgan fingerprint density at radius 2 is 2.00 bits per heavy atom. The number of halogens is 2. The van der Waals surface area contributed by atoms with Crippen molar-refractivity contribution in [3.05, 3.63) is 28.0 Å². The van der Waals surface area contributed by atoms with Gasteiger partial charge in [0.2, 0.25) is 0 Å². The second kappa shape index (κ2) is 5.06.